The Balaban J connectivity index is 1.57. The van der Waals surface area contributed by atoms with E-state index in [0.29, 0.717) is 25.3 Å². The van der Waals surface area contributed by atoms with Crippen LogP contribution in [0.25, 0.3) is 11.1 Å². The molecule has 0 saturated carbocycles. The van der Waals surface area contributed by atoms with Gasteiger partial charge in [0.25, 0.3) is 5.91 Å². The lowest BCUT2D eigenvalue weighted by Crippen LogP contribution is -2.44. The van der Waals surface area contributed by atoms with Crippen molar-refractivity contribution in [3.8, 4) is 11.1 Å². The molecule has 0 bridgehead atoms. The first-order chi connectivity index (χ1) is 14.2. The molecule has 1 aliphatic rings. The zero-order valence-electron chi connectivity index (χ0n) is 16.2. The van der Waals surface area contributed by atoms with Gasteiger partial charge in [0.15, 0.2) is 0 Å². The van der Waals surface area contributed by atoms with Gasteiger partial charge in [-0.3, -0.25) is 4.79 Å². The Hall–Kier alpha value is -2.98. The van der Waals surface area contributed by atoms with Gasteiger partial charge in [0.2, 0.25) is 0 Å². The molecule has 1 N–H and O–H groups in total. The number of nitrogens with one attached hydrogen (secondary N) is 1. The summed E-state index contributed by atoms with van der Waals surface area (Å²) in [6.07, 6.45) is 1.58. The van der Waals surface area contributed by atoms with Crippen molar-refractivity contribution in [2.45, 2.75) is 18.3 Å². The van der Waals surface area contributed by atoms with E-state index >= 15 is 0 Å². The first-order valence-corrected chi connectivity index (χ1v) is 9.94. The number of hydrogen-bond acceptors (Lipinski definition) is 2. The zero-order chi connectivity index (χ0) is 20.1. The number of benzene rings is 3. The lowest BCUT2D eigenvalue weighted by molar-refractivity contribution is 0.0487. The fourth-order valence-corrected chi connectivity index (χ4v) is 4.03. The van der Waals surface area contributed by atoms with E-state index in [9.17, 15) is 9.18 Å². The Bertz CT molecular complexity index is 964. The summed E-state index contributed by atoms with van der Waals surface area (Å²) in [6, 6.07) is 24.2. The van der Waals surface area contributed by atoms with Crippen molar-refractivity contribution in [1.82, 2.24) is 5.32 Å². The van der Waals surface area contributed by atoms with Crippen molar-refractivity contribution < 1.29 is 13.9 Å². The summed E-state index contributed by atoms with van der Waals surface area (Å²) in [5, 5.41) is 3.14. The molecule has 3 aromatic rings. The van der Waals surface area contributed by atoms with Gasteiger partial charge in [-0.25, -0.2) is 4.39 Å². The van der Waals surface area contributed by atoms with E-state index in [-0.39, 0.29) is 17.1 Å². The molecule has 0 spiro atoms. The highest BCUT2D eigenvalue weighted by Gasteiger charge is 2.35. The standard InChI is InChI=1S/C25H24FNO2/c26-21-12-10-20(11-13-21)25(14-16-29-17-15-25)18-27-24(28)23-9-5-4-8-22(23)19-6-2-1-3-7-19/h1-13H,14-18H2,(H,27,28). The van der Waals surface area contributed by atoms with Gasteiger partial charge in [-0.2, -0.15) is 0 Å². The highest BCUT2D eigenvalue weighted by atomic mass is 19.1. The summed E-state index contributed by atoms with van der Waals surface area (Å²) < 4.78 is 19.0. The van der Waals surface area contributed by atoms with Crippen LogP contribution in [0.4, 0.5) is 4.39 Å². The maximum Gasteiger partial charge on any atom is 0.251 e. The average molecular weight is 389 g/mol. The molecule has 4 rings (SSSR count). The second-order valence-corrected chi connectivity index (χ2v) is 7.49. The molecular formula is C25H24FNO2. The van der Waals surface area contributed by atoms with Gasteiger partial charge >= 0.3 is 0 Å². The molecule has 0 aliphatic carbocycles. The fourth-order valence-electron chi connectivity index (χ4n) is 4.03. The third-order valence-corrected chi connectivity index (χ3v) is 5.75. The third kappa shape index (κ3) is 4.22. The number of halogens is 1. The number of hydrogen-bond donors (Lipinski definition) is 1. The third-order valence-electron chi connectivity index (χ3n) is 5.75. The smallest absolute Gasteiger partial charge is 0.251 e. The summed E-state index contributed by atoms with van der Waals surface area (Å²) in [5.41, 5.74) is 3.37. The van der Waals surface area contributed by atoms with E-state index in [1.54, 1.807) is 0 Å². The van der Waals surface area contributed by atoms with Gasteiger partial charge in [-0.15, -0.1) is 0 Å². The first-order valence-electron chi connectivity index (χ1n) is 9.94. The van der Waals surface area contributed by atoms with Crippen molar-refractivity contribution in [3.05, 3.63) is 95.8 Å². The van der Waals surface area contributed by atoms with E-state index in [1.807, 2.05) is 66.7 Å². The second-order valence-electron chi connectivity index (χ2n) is 7.49. The largest absolute Gasteiger partial charge is 0.381 e. The van der Waals surface area contributed by atoms with Crippen LogP contribution in [0.2, 0.25) is 0 Å². The zero-order valence-corrected chi connectivity index (χ0v) is 16.2. The van der Waals surface area contributed by atoms with E-state index < -0.39 is 0 Å². The van der Waals surface area contributed by atoms with Crippen molar-refractivity contribution in [3.63, 3.8) is 0 Å². The van der Waals surface area contributed by atoms with Crippen molar-refractivity contribution >= 4 is 5.91 Å². The summed E-state index contributed by atoms with van der Waals surface area (Å²) in [5.74, 6) is -0.353. The molecule has 0 aromatic heterocycles. The molecule has 0 radical (unpaired) electrons. The molecule has 1 amide bonds. The highest BCUT2D eigenvalue weighted by Crippen LogP contribution is 2.34. The van der Waals surface area contributed by atoms with E-state index in [4.69, 9.17) is 4.74 Å². The van der Waals surface area contributed by atoms with E-state index in [1.165, 1.54) is 12.1 Å². The molecule has 3 aromatic carbocycles. The quantitative estimate of drug-likeness (QED) is 0.669. The SMILES string of the molecule is O=C(NCC1(c2ccc(F)cc2)CCOCC1)c1ccccc1-c1ccccc1. The van der Waals surface area contributed by atoms with Gasteiger partial charge < -0.3 is 10.1 Å². The number of rotatable bonds is 5. The minimum Gasteiger partial charge on any atom is -0.381 e. The molecule has 1 heterocycles. The molecule has 1 saturated heterocycles. The molecule has 0 atom stereocenters. The average Bonchev–Trinajstić information content (AvgIpc) is 2.79. The van der Waals surface area contributed by atoms with Crippen LogP contribution in [0.1, 0.15) is 28.8 Å². The highest BCUT2D eigenvalue weighted by molar-refractivity contribution is 6.00. The second kappa shape index (κ2) is 8.58. The molecule has 29 heavy (non-hydrogen) atoms. The van der Waals surface area contributed by atoms with Crippen molar-refractivity contribution in [2.75, 3.05) is 19.8 Å². The van der Waals surface area contributed by atoms with E-state index in [2.05, 4.69) is 5.32 Å². The van der Waals surface area contributed by atoms with Crippen LogP contribution in [0.5, 0.6) is 0 Å². The van der Waals surface area contributed by atoms with Crippen LogP contribution in [-0.4, -0.2) is 25.7 Å². The molecule has 0 unspecified atom stereocenters. The Morgan fingerprint density at radius 2 is 1.55 bits per heavy atom. The predicted molar refractivity (Wildman–Crippen MR) is 112 cm³/mol. The van der Waals surface area contributed by atoms with Crippen molar-refractivity contribution in [2.24, 2.45) is 0 Å². The Morgan fingerprint density at radius 3 is 2.28 bits per heavy atom. The summed E-state index contributed by atoms with van der Waals surface area (Å²) in [7, 11) is 0. The molecular weight excluding hydrogens is 365 g/mol. The van der Waals surface area contributed by atoms with Crippen LogP contribution >= 0.6 is 0 Å². The predicted octanol–water partition coefficient (Wildman–Crippen LogP) is 4.97. The minimum atomic E-state index is -0.253. The van der Waals surface area contributed by atoms with Gasteiger partial charge in [-0.1, -0.05) is 60.7 Å². The molecule has 1 aliphatic heterocycles. The molecule has 1 fully saturated rings. The van der Waals surface area contributed by atoms with Crippen LogP contribution in [-0.2, 0) is 10.2 Å². The molecule has 4 heteroatoms. The first kappa shape index (κ1) is 19.3. The molecule has 3 nitrogen and oxygen atoms in total. The van der Waals surface area contributed by atoms with Gasteiger partial charge in [0, 0.05) is 30.7 Å². The number of carbonyl (C=O) groups excluding carboxylic acids is 1. The number of carbonyl (C=O) groups is 1. The lowest BCUT2D eigenvalue weighted by Gasteiger charge is -2.38. The molecule has 148 valence electrons. The normalized spacial score (nSPS) is 15.6. The maximum absolute atomic E-state index is 13.4. The fraction of sp³-hybridized carbons (Fsp3) is 0.240. The van der Waals surface area contributed by atoms with Crippen LogP contribution in [0, 0.1) is 5.82 Å². The van der Waals surface area contributed by atoms with Crippen molar-refractivity contribution in [1.29, 1.82) is 0 Å². The van der Waals surface area contributed by atoms with Crippen LogP contribution in [0.3, 0.4) is 0 Å². The summed E-state index contributed by atoms with van der Waals surface area (Å²) in [4.78, 5) is 13.1. The lowest BCUT2D eigenvalue weighted by atomic mass is 9.74. The van der Waals surface area contributed by atoms with Gasteiger partial charge in [0.05, 0.1) is 0 Å². The van der Waals surface area contributed by atoms with Crippen LogP contribution in [0.15, 0.2) is 78.9 Å². The van der Waals surface area contributed by atoms with E-state index in [0.717, 1.165) is 29.5 Å². The Kier molecular flexibility index (Phi) is 5.72. The monoisotopic (exact) mass is 389 g/mol. The Morgan fingerprint density at radius 1 is 0.897 bits per heavy atom. The maximum atomic E-state index is 13.4. The van der Waals surface area contributed by atoms with Gasteiger partial charge in [0.1, 0.15) is 5.82 Å². The summed E-state index contributed by atoms with van der Waals surface area (Å²) in [6.45, 7) is 1.76. The number of amides is 1. The number of ether oxygens (including phenoxy) is 1. The minimum absolute atomic E-state index is 0.0996. The van der Waals surface area contributed by atoms with Gasteiger partial charge in [-0.05, 0) is 47.7 Å². The van der Waals surface area contributed by atoms with Crippen LogP contribution < -0.4 is 5.32 Å². The Labute approximate surface area is 170 Å². The topological polar surface area (TPSA) is 38.3 Å². The summed E-state index contributed by atoms with van der Waals surface area (Å²) >= 11 is 0.